The molecular formula is C16H23BO2. The quantitative estimate of drug-likeness (QED) is 0.344. The summed E-state index contributed by atoms with van der Waals surface area (Å²) in [5.41, 5.74) is 1.07. The highest BCUT2D eigenvalue weighted by atomic mass is 16.6. The van der Waals surface area contributed by atoms with Crippen molar-refractivity contribution in [3.63, 3.8) is 0 Å². The maximum Gasteiger partial charge on any atom is 0.493 e. The number of benzene rings is 1. The van der Waals surface area contributed by atoms with Gasteiger partial charge < -0.3 is 9.31 Å². The third-order valence-corrected chi connectivity index (χ3v) is 2.72. The molecule has 1 rings (SSSR count). The van der Waals surface area contributed by atoms with Crippen molar-refractivity contribution >= 4 is 12.6 Å². The standard InChI is InChI=1S/C16H23BO2/c1-3-5-10-14-18-17(19-15-11-6-4-2)16-12-8-7-9-13-16/h3-4,7-9,12-13H,1-2,5-6,10-11,14-15H2. The lowest BCUT2D eigenvalue weighted by molar-refractivity contribution is 0.204. The van der Waals surface area contributed by atoms with Crippen LogP contribution in [0.2, 0.25) is 0 Å². The van der Waals surface area contributed by atoms with E-state index >= 15 is 0 Å². The van der Waals surface area contributed by atoms with Crippen LogP contribution in [0, 0.1) is 0 Å². The van der Waals surface area contributed by atoms with Crippen molar-refractivity contribution in [1.29, 1.82) is 0 Å². The molecule has 0 amide bonds. The van der Waals surface area contributed by atoms with Crippen LogP contribution in [0.25, 0.3) is 0 Å². The van der Waals surface area contributed by atoms with Crippen molar-refractivity contribution in [2.75, 3.05) is 13.2 Å². The number of rotatable bonds is 11. The van der Waals surface area contributed by atoms with E-state index in [0.29, 0.717) is 13.2 Å². The highest BCUT2D eigenvalue weighted by Crippen LogP contribution is 1.99. The molecule has 3 heteroatoms. The Hall–Kier alpha value is -1.32. The molecule has 0 atom stereocenters. The van der Waals surface area contributed by atoms with E-state index in [1.54, 1.807) is 0 Å². The average molecular weight is 258 g/mol. The van der Waals surface area contributed by atoms with Gasteiger partial charge in [-0.3, -0.25) is 0 Å². The van der Waals surface area contributed by atoms with Gasteiger partial charge in [-0.1, -0.05) is 42.5 Å². The van der Waals surface area contributed by atoms with Crippen molar-refractivity contribution in [2.24, 2.45) is 0 Å². The Kier molecular flexibility index (Phi) is 8.78. The number of unbranched alkanes of at least 4 members (excludes halogenated alkanes) is 2. The summed E-state index contributed by atoms with van der Waals surface area (Å²) in [6.07, 6.45) is 7.71. The fourth-order valence-electron chi connectivity index (χ4n) is 1.69. The van der Waals surface area contributed by atoms with Crippen molar-refractivity contribution in [1.82, 2.24) is 0 Å². The molecule has 0 saturated carbocycles. The Bertz CT molecular complexity index is 335. The summed E-state index contributed by atoms with van der Waals surface area (Å²) in [5, 5.41) is 0. The average Bonchev–Trinajstić information content (AvgIpc) is 2.46. The minimum absolute atomic E-state index is 0.268. The summed E-state index contributed by atoms with van der Waals surface area (Å²) >= 11 is 0. The predicted molar refractivity (Wildman–Crippen MR) is 82.6 cm³/mol. The molecule has 0 aliphatic carbocycles. The van der Waals surface area contributed by atoms with Crippen LogP contribution in [0.15, 0.2) is 55.6 Å². The Balaban J connectivity index is 2.43. The van der Waals surface area contributed by atoms with Gasteiger partial charge in [-0.2, -0.15) is 0 Å². The van der Waals surface area contributed by atoms with Crippen LogP contribution in [0.3, 0.4) is 0 Å². The molecule has 0 spiro atoms. The van der Waals surface area contributed by atoms with Gasteiger partial charge >= 0.3 is 7.12 Å². The van der Waals surface area contributed by atoms with Crippen LogP contribution >= 0.6 is 0 Å². The second-order valence-electron chi connectivity index (χ2n) is 4.35. The third-order valence-electron chi connectivity index (χ3n) is 2.72. The van der Waals surface area contributed by atoms with Crippen molar-refractivity contribution in [2.45, 2.75) is 25.7 Å². The van der Waals surface area contributed by atoms with Crippen LogP contribution in [0.5, 0.6) is 0 Å². The van der Waals surface area contributed by atoms with E-state index in [4.69, 9.17) is 9.31 Å². The molecule has 19 heavy (non-hydrogen) atoms. The van der Waals surface area contributed by atoms with Crippen LogP contribution in [0.1, 0.15) is 25.7 Å². The van der Waals surface area contributed by atoms with Gasteiger partial charge in [-0.15, -0.1) is 13.2 Å². The van der Waals surface area contributed by atoms with Crippen LogP contribution in [0.4, 0.5) is 0 Å². The third kappa shape index (κ3) is 6.99. The molecule has 0 aliphatic heterocycles. The van der Waals surface area contributed by atoms with Crippen molar-refractivity contribution in [3.05, 3.63) is 55.6 Å². The minimum Gasteiger partial charge on any atom is -0.407 e. The van der Waals surface area contributed by atoms with Gasteiger partial charge in [-0.05, 0) is 31.1 Å². The smallest absolute Gasteiger partial charge is 0.407 e. The largest absolute Gasteiger partial charge is 0.493 e. The van der Waals surface area contributed by atoms with Gasteiger partial charge in [0, 0.05) is 13.2 Å². The van der Waals surface area contributed by atoms with E-state index in [1.165, 1.54) is 0 Å². The molecule has 1 aromatic rings. The normalized spacial score (nSPS) is 10.1. The topological polar surface area (TPSA) is 18.5 Å². The van der Waals surface area contributed by atoms with E-state index in [1.807, 2.05) is 42.5 Å². The van der Waals surface area contributed by atoms with Gasteiger partial charge in [0.05, 0.1) is 0 Å². The zero-order valence-electron chi connectivity index (χ0n) is 11.6. The first kappa shape index (κ1) is 15.7. The number of hydrogen-bond donors (Lipinski definition) is 0. The summed E-state index contributed by atoms with van der Waals surface area (Å²) < 4.78 is 11.6. The van der Waals surface area contributed by atoms with Gasteiger partial charge in [0.1, 0.15) is 0 Å². The lowest BCUT2D eigenvalue weighted by atomic mass is 9.79. The SMILES string of the molecule is C=CCCCOB(OCCCC=C)c1ccccc1. The molecule has 0 aliphatic rings. The highest BCUT2D eigenvalue weighted by molar-refractivity contribution is 6.61. The predicted octanol–water partition coefficient (Wildman–Crippen LogP) is 3.35. The first-order valence-corrected chi connectivity index (χ1v) is 6.88. The molecule has 0 unspecified atom stereocenters. The van der Waals surface area contributed by atoms with Gasteiger partial charge in [0.2, 0.25) is 0 Å². The first-order chi connectivity index (χ1) is 9.38. The van der Waals surface area contributed by atoms with Gasteiger partial charge in [0.25, 0.3) is 0 Å². The summed E-state index contributed by atoms with van der Waals surface area (Å²) in [5.74, 6) is 0. The monoisotopic (exact) mass is 258 g/mol. The summed E-state index contributed by atoms with van der Waals surface area (Å²) in [6.45, 7) is 8.79. The minimum atomic E-state index is -0.268. The second-order valence-corrected chi connectivity index (χ2v) is 4.35. The molecule has 0 fully saturated rings. The fraction of sp³-hybridized carbons (Fsp3) is 0.375. The molecule has 0 radical (unpaired) electrons. The summed E-state index contributed by atoms with van der Waals surface area (Å²) in [4.78, 5) is 0. The van der Waals surface area contributed by atoms with E-state index < -0.39 is 0 Å². The summed E-state index contributed by atoms with van der Waals surface area (Å²) in [6, 6.07) is 10.1. The molecule has 0 heterocycles. The van der Waals surface area contributed by atoms with E-state index in [9.17, 15) is 0 Å². The molecule has 0 N–H and O–H groups in total. The molecule has 2 nitrogen and oxygen atoms in total. The molecular weight excluding hydrogens is 235 g/mol. The molecule has 102 valence electrons. The zero-order valence-corrected chi connectivity index (χ0v) is 11.6. The number of hydrogen-bond acceptors (Lipinski definition) is 2. The first-order valence-electron chi connectivity index (χ1n) is 6.88. The zero-order chi connectivity index (χ0) is 13.8. The Labute approximate surface area is 117 Å². The second kappa shape index (κ2) is 10.6. The van der Waals surface area contributed by atoms with Gasteiger partial charge in [-0.25, -0.2) is 0 Å². The van der Waals surface area contributed by atoms with Crippen molar-refractivity contribution < 1.29 is 9.31 Å². The molecule has 0 bridgehead atoms. The van der Waals surface area contributed by atoms with E-state index in [0.717, 1.165) is 31.1 Å². The Morgan fingerprint density at radius 3 is 1.89 bits per heavy atom. The highest BCUT2D eigenvalue weighted by Gasteiger charge is 2.20. The number of allylic oxidation sites excluding steroid dienone is 2. The van der Waals surface area contributed by atoms with E-state index in [-0.39, 0.29) is 7.12 Å². The fourth-order valence-corrected chi connectivity index (χ4v) is 1.69. The van der Waals surface area contributed by atoms with E-state index in [2.05, 4.69) is 13.2 Å². The summed E-state index contributed by atoms with van der Waals surface area (Å²) in [7, 11) is -0.268. The lowest BCUT2D eigenvalue weighted by Crippen LogP contribution is -2.37. The maximum absolute atomic E-state index is 5.81. The lowest BCUT2D eigenvalue weighted by Gasteiger charge is -2.14. The Morgan fingerprint density at radius 1 is 0.895 bits per heavy atom. The van der Waals surface area contributed by atoms with Crippen LogP contribution < -0.4 is 5.46 Å². The maximum atomic E-state index is 5.81. The van der Waals surface area contributed by atoms with Crippen LogP contribution in [-0.2, 0) is 9.31 Å². The van der Waals surface area contributed by atoms with Crippen molar-refractivity contribution in [3.8, 4) is 0 Å². The molecule has 1 aromatic carbocycles. The molecule has 0 saturated heterocycles. The van der Waals surface area contributed by atoms with Crippen LogP contribution in [-0.4, -0.2) is 20.3 Å². The van der Waals surface area contributed by atoms with Gasteiger partial charge in [0.15, 0.2) is 0 Å². The molecule has 0 aromatic heterocycles. The Morgan fingerprint density at radius 2 is 1.42 bits per heavy atom.